The molecule has 0 bridgehead atoms. The molecule has 2 rings (SSSR count). The minimum atomic E-state index is -0.557. The Morgan fingerprint density at radius 2 is 1.85 bits per heavy atom. The Balaban J connectivity index is 1.89. The van der Waals surface area contributed by atoms with Gasteiger partial charge < -0.3 is 15.3 Å². The summed E-state index contributed by atoms with van der Waals surface area (Å²) in [5.74, 6) is -0.343. The number of benzene rings is 1. The van der Waals surface area contributed by atoms with Crippen LogP contribution in [0, 0.1) is 0 Å². The first-order valence-corrected chi connectivity index (χ1v) is 6.90. The van der Waals surface area contributed by atoms with Gasteiger partial charge in [-0.3, -0.25) is 9.59 Å². The lowest BCUT2D eigenvalue weighted by molar-refractivity contribution is -0.134. The molecular weight excluding hydrogens is 256 g/mol. The Kier molecular flexibility index (Phi) is 4.74. The molecular formula is C15H20N2O3. The zero-order valence-electron chi connectivity index (χ0n) is 11.6. The van der Waals surface area contributed by atoms with E-state index in [2.05, 4.69) is 5.32 Å². The smallest absolute Gasteiger partial charge is 0.251 e. The second kappa shape index (κ2) is 6.52. The Morgan fingerprint density at radius 3 is 2.45 bits per heavy atom. The van der Waals surface area contributed by atoms with Gasteiger partial charge in [-0.15, -0.1) is 0 Å². The van der Waals surface area contributed by atoms with Crippen LogP contribution in [0.3, 0.4) is 0 Å². The lowest BCUT2D eigenvalue weighted by Crippen LogP contribution is -2.49. The SMILES string of the molecule is CC(NC(=O)c1ccccc1)C(=O)N1CCC(O)CC1. The van der Waals surface area contributed by atoms with Crippen molar-refractivity contribution in [3.63, 3.8) is 0 Å². The van der Waals surface area contributed by atoms with Gasteiger partial charge in [0.15, 0.2) is 0 Å². The number of amides is 2. The van der Waals surface area contributed by atoms with Crippen molar-refractivity contribution in [1.29, 1.82) is 0 Å². The van der Waals surface area contributed by atoms with Crippen LogP contribution in [0.1, 0.15) is 30.1 Å². The first-order valence-electron chi connectivity index (χ1n) is 6.90. The second-order valence-electron chi connectivity index (χ2n) is 5.12. The number of nitrogens with zero attached hydrogens (tertiary/aromatic N) is 1. The molecule has 1 aromatic rings. The summed E-state index contributed by atoms with van der Waals surface area (Å²) in [5, 5.41) is 12.1. The van der Waals surface area contributed by atoms with Crippen LogP contribution in [0.15, 0.2) is 30.3 Å². The number of nitrogens with one attached hydrogen (secondary N) is 1. The summed E-state index contributed by atoms with van der Waals surface area (Å²) in [5.41, 5.74) is 0.543. The Hall–Kier alpha value is -1.88. The van der Waals surface area contributed by atoms with Gasteiger partial charge in [0.2, 0.25) is 5.91 Å². The van der Waals surface area contributed by atoms with Gasteiger partial charge in [0.05, 0.1) is 6.10 Å². The highest BCUT2D eigenvalue weighted by atomic mass is 16.3. The summed E-state index contributed by atoms with van der Waals surface area (Å²) in [6.45, 7) is 2.78. The third-order valence-electron chi connectivity index (χ3n) is 3.53. The lowest BCUT2D eigenvalue weighted by atomic mass is 10.1. The highest BCUT2D eigenvalue weighted by molar-refractivity contribution is 5.97. The predicted octanol–water partition coefficient (Wildman–Crippen LogP) is 0.788. The van der Waals surface area contributed by atoms with Crippen LogP contribution >= 0.6 is 0 Å². The van der Waals surface area contributed by atoms with Gasteiger partial charge in [-0.2, -0.15) is 0 Å². The van der Waals surface area contributed by atoms with Crippen molar-refractivity contribution in [2.45, 2.75) is 31.9 Å². The number of aliphatic hydroxyl groups is 1. The minimum Gasteiger partial charge on any atom is -0.393 e. The average Bonchev–Trinajstić information content (AvgIpc) is 2.48. The molecule has 1 aliphatic heterocycles. The molecule has 0 radical (unpaired) electrons. The predicted molar refractivity (Wildman–Crippen MR) is 75.2 cm³/mol. The molecule has 5 nitrogen and oxygen atoms in total. The van der Waals surface area contributed by atoms with Crippen molar-refractivity contribution >= 4 is 11.8 Å². The summed E-state index contributed by atoms with van der Waals surface area (Å²) in [6, 6.07) is 8.27. The normalized spacial score (nSPS) is 17.6. The van der Waals surface area contributed by atoms with Gasteiger partial charge in [0.25, 0.3) is 5.91 Å². The third-order valence-corrected chi connectivity index (χ3v) is 3.53. The van der Waals surface area contributed by atoms with Crippen LogP contribution in [0.25, 0.3) is 0 Å². The van der Waals surface area contributed by atoms with Crippen LogP contribution in [0.4, 0.5) is 0 Å². The highest BCUT2D eigenvalue weighted by Gasteiger charge is 2.26. The molecule has 108 valence electrons. The summed E-state index contributed by atoms with van der Waals surface area (Å²) in [6.07, 6.45) is 0.893. The average molecular weight is 276 g/mol. The number of likely N-dealkylation sites (tertiary alicyclic amines) is 1. The largest absolute Gasteiger partial charge is 0.393 e. The van der Waals surface area contributed by atoms with E-state index in [0.717, 1.165) is 0 Å². The number of hydrogen-bond acceptors (Lipinski definition) is 3. The van der Waals surface area contributed by atoms with Gasteiger partial charge in [0, 0.05) is 18.7 Å². The molecule has 1 fully saturated rings. The molecule has 1 saturated heterocycles. The molecule has 1 heterocycles. The molecule has 2 amide bonds. The molecule has 1 aliphatic rings. The fraction of sp³-hybridized carbons (Fsp3) is 0.467. The Bertz CT molecular complexity index is 467. The number of carbonyl (C=O) groups is 2. The van der Waals surface area contributed by atoms with Crippen LogP contribution in [0.5, 0.6) is 0 Å². The molecule has 0 aliphatic carbocycles. The lowest BCUT2D eigenvalue weighted by Gasteiger charge is -2.31. The van der Waals surface area contributed by atoms with Crippen molar-refractivity contribution in [3.05, 3.63) is 35.9 Å². The first kappa shape index (κ1) is 14.5. The summed E-state index contributed by atoms with van der Waals surface area (Å²) in [4.78, 5) is 25.9. The highest BCUT2D eigenvalue weighted by Crippen LogP contribution is 2.11. The zero-order chi connectivity index (χ0) is 14.5. The fourth-order valence-electron chi connectivity index (χ4n) is 2.29. The second-order valence-corrected chi connectivity index (χ2v) is 5.12. The fourth-order valence-corrected chi connectivity index (χ4v) is 2.29. The van der Waals surface area contributed by atoms with Crippen molar-refractivity contribution in [2.75, 3.05) is 13.1 Å². The molecule has 1 aromatic carbocycles. The molecule has 20 heavy (non-hydrogen) atoms. The van der Waals surface area contributed by atoms with Crippen molar-refractivity contribution in [1.82, 2.24) is 10.2 Å². The van der Waals surface area contributed by atoms with Crippen LogP contribution in [-0.4, -0.2) is 47.1 Å². The Labute approximate surface area is 118 Å². The molecule has 0 aromatic heterocycles. The zero-order valence-corrected chi connectivity index (χ0v) is 11.6. The first-order chi connectivity index (χ1) is 9.58. The van der Waals surface area contributed by atoms with E-state index in [0.29, 0.717) is 31.5 Å². The molecule has 0 spiro atoms. The Morgan fingerprint density at radius 1 is 1.25 bits per heavy atom. The van der Waals surface area contributed by atoms with E-state index in [9.17, 15) is 14.7 Å². The number of hydrogen-bond donors (Lipinski definition) is 2. The van der Waals surface area contributed by atoms with Gasteiger partial charge in [0.1, 0.15) is 6.04 Å². The molecule has 0 saturated carbocycles. The quantitative estimate of drug-likeness (QED) is 0.857. The van der Waals surface area contributed by atoms with Crippen LogP contribution < -0.4 is 5.32 Å². The summed E-state index contributed by atoms with van der Waals surface area (Å²) < 4.78 is 0. The van der Waals surface area contributed by atoms with Crippen molar-refractivity contribution in [2.24, 2.45) is 0 Å². The van der Waals surface area contributed by atoms with E-state index in [1.807, 2.05) is 6.07 Å². The van der Waals surface area contributed by atoms with Gasteiger partial charge >= 0.3 is 0 Å². The molecule has 1 atom stereocenters. The van der Waals surface area contributed by atoms with E-state index in [1.54, 1.807) is 36.1 Å². The molecule has 1 unspecified atom stereocenters. The van der Waals surface area contributed by atoms with E-state index in [1.165, 1.54) is 0 Å². The van der Waals surface area contributed by atoms with Gasteiger partial charge in [-0.25, -0.2) is 0 Å². The maximum Gasteiger partial charge on any atom is 0.251 e. The van der Waals surface area contributed by atoms with Crippen LogP contribution in [0.2, 0.25) is 0 Å². The van der Waals surface area contributed by atoms with E-state index in [-0.39, 0.29) is 17.9 Å². The van der Waals surface area contributed by atoms with E-state index >= 15 is 0 Å². The third kappa shape index (κ3) is 3.57. The van der Waals surface area contributed by atoms with Crippen LogP contribution in [-0.2, 0) is 4.79 Å². The van der Waals surface area contributed by atoms with Crippen molar-refractivity contribution < 1.29 is 14.7 Å². The van der Waals surface area contributed by atoms with Crippen molar-refractivity contribution in [3.8, 4) is 0 Å². The molecule has 5 heteroatoms. The maximum absolute atomic E-state index is 12.2. The standard InChI is InChI=1S/C15H20N2O3/c1-11(15(20)17-9-7-13(18)8-10-17)16-14(19)12-5-3-2-4-6-12/h2-6,11,13,18H,7-10H2,1H3,(H,16,19). The van der Waals surface area contributed by atoms with Gasteiger partial charge in [-0.1, -0.05) is 18.2 Å². The minimum absolute atomic E-state index is 0.0961. The topological polar surface area (TPSA) is 69.6 Å². The summed E-state index contributed by atoms with van der Waals surface area (Å²) in [7, 11) is 0. The molecule has 2 N–H and O–H groups in total. The maximum atomic E-state index is 12.2. The summed E-state index contributed by atoms with van der Waals surface area (Å²) >= 11 is 0. The van der Waals surface area contributed by atoms with Gasteiger partial charge in [-0.05, 0) is 31.9 Å². The number of aliphatic hydroxyl groups excluding tert-OH is 1. The number of piperidine rings is 1. The number of rotatable bonds is 3. The van der Waals surface area contributed by atoms with E-state index in [4.69, 9.17) is 0 Å². The monoisotopic (exact) mass is 276 g/mol. The number of carbonyl (C=O) groups excluding carboxylic acids is 2. The van der Waals surface area contributed by atoms with E-state index < -0.39 is 6.04 Å².